The van der Waals surface area contributed by atoms with Crippen LogP contribution in [0.4, 0.5) is 0 Å². The van der Waals surface area contributed by atoms with E-state index in [-0.39, 0.29) is 90.7 Å². The van der Waals surface area contributed by atoms with Gasteiger partial charge in [0.25, 0.3) is 5.91 Å². The number of hydrogen-bond donors (Lipinski definition) is 3. The number of amides is 5. The van der Waals surface area contributed by atoms with Gasteiger partial charge in [0.15, 0.2) is 0 Å². The number of likely N-dealkylation sites (tertiary alicyclic amines) is 1. The Bertz CT molecular complexity index is 2110. The molecule has 5 amide bonds. The molecule has 13 nitrogen and oxygen atoms in total. The molecule has 0 bridgehead atoms. The van der Waals surface area contributed by atoms with Crippen molar-refractivity contribution in [3.8, 4) is 0 Å². The molecule has 4 aliphatic rings. The Hall–Kier alpha value is -5.08. The number of rotatable bonds is 21. The molecule has 2 heterocycles. The van der Waals surface area contributed by atoms with Crippen LogP contribution in [0, 0.1) is 11.8 Å². The molecule has 7 rings (SSSR count). The molecule has 0 spiro atoms. The molecule has 344 valence electrons. The van der Waals surface area contributed by atoms with Crippen LogP contribution in [-0.2, 0) is 29.2 Å². The molecule has 3 N–H and O–H groups in total. The van der Waals surface area contributed by atoms with E-state index in [1.165, 1.54) is 33.5 Å². The quantitative estimate of drug-likeness (QED) is 0.111. The lowest BCUT2D eigenvalue weighted by Crippen LogP contribution is -2.61. The van der Waals surface area contributed by atoms with E-state index in [1.807, 2.05) is 60.7 Å². The maximum absolute atomic E-state index is 14.1. The van der Waals surface area contributed by atoms with E-state index in [0.717, 1.165) is 81.8 Å². The van der Waals surface area contributed by atoms with Crippen molar-refractivity contribution in [3.05, 3.63) is 102 Å². The van der Waals surface area contributed by atoms with Crippen molar-refractivity contribution in [1.29, 1.82) is 0 Å². The summed E-state index contributed by atoms with van der Waals surface area (Å²) in [5, 5.41) is 9.28. The van der Waals surface area contributed by atoms with Crippen molar-refractivity contribution in [2.24, 2.45) is 11.8 Å². The standard InChI is InChI=1S/C50H66N6O7S/c1-3-5-7-9-16-22-46(57)56-29-28-55(34-45(56)49(60)51-27-17-8-6-4-2)64(62,63)38-25-23-37(24-26-38)50(61)54-32-41(47(58)52-43-30-39(43)35-18-12-10-13-19-35)42(33-54)48(59)53-44-31-40(44)36-20-14-11-15-21-36/h10-15,18-21,23-26,39-45H,3-9,16-17,22,27-34H2,1-2H3,(H,51,60)(H,52,58)(H,53,59)/t39-,40-,41-,42-,43+,44+,45-/m1/s1. The highest BCUT2D eigenvalue weighted by molar-refractivity contribution is 7.89. The van der Waals surface area contributed by atoms with Gasteiger partial charge in [0.2, 0.25) is 33.7 Å². The van der Waals surface area contributed by atoms with Crippen LogP contribution in [0.2, 0.25) is 0 Å². The smallest absolute Gasteiger partial charge is 0.253 e. The maximum atomic E-state index is 14.1. The summed E-state index contributed by atoms with van der Waals surface area (Å²) in [6, 6.07) is 24.6. The molecule has 64 heavy (non-hydrogen) atoms. The first-order valence-electron chi connectivity index (χ1n) is 23.7. The summed E-state index contributed by atoms with van der Waals surface area (Å²) in [6.07, 6.45) is 10.7. The van der Waals surface area contributed by atoms with E-state index in [1.54, 1.807) is 4.90 Å². The number of benzene rings is 3. The van der Waals surface area contributed by atoms with Crippen molar-refractivity contribution < 1.29 is 32.4 Å². The van der Waals surface area contributed by atoms with Gasteiger partial charge in [0.05, 0.1) is 16.7 Å². The fourth-order valence-electron chi connectivity index (χ4n) is 9.43. The molecular formula is C50H66N6O7S. The number of piperazine rings is 1. The number of sulfonamides is 1. The SMILES string of the molecule is CCCCCCCC(=O)N1CCN(S(=O)(=O)c2ccc(C(=O)N3C[C@@H](C(=O)N[C@H]4C[C@@H]4c4ccccc4)[C@H](C(=O)N[C@H]4C[C@@H]4c4ccccc4)C3)cc2)C[C@@H]1C(=O)NCCCCCC. The first-order chi connectivity index (χ1) is 31.0. The maximum Gasteiger partial charge on any atom is 0.253 e. The number of unbranched alkanes of at least 4 members (excludes halogenated alkanes) is 7. The van der Waals surface area contributed by atoms with Crippen molar-refractivity contribution in [1.82, 2.24) is 30.1 Å². The molecule has 2 saturated carbocycles. The molecular weight excluding hydrogens is 829 g/mol. The number of hydrogen-bond acceptors (Lipinski definition) is 7. The van der Waals surface area contributed by atoms with Gasteiger partial charge in [-0.15, -0.1) is 0 Å². The molecule has 0 unspecified atom stereocenters. The Balaban J connectivity index is 1.01. The van der Waals surface area contributed by atoms with Gasteiger partial charge in [-0.2, -0.15) is 4.31 Å². The monoisotopic (exact) mass is 894 g/mol. The predicted octanol–water partition coefficient (Wildman–Crippen LogP) is 5.98. The third-order valence-corrected chi connectivity index (χ3v) is 15.4. The highest BCUT2D eigenvalue weighted by Gasteiger charge is 2.49. The molecule has 0 aromatic heterocycles. The number of carbonyl (C=O) groups excluding carboxylic acids is 5. The summed E-state index contributed by atoms with van der Waals surface area (Å²) >= 11 is 0. The molecule has 0 radical (unpaired) electrons. The van der Waals surface area contributed by atoms with Crippen LogP contribution in [0.3, 0.4) is 0 Å². The second-order valence-corrected chi connectivity index (χ2v) is 20.1. The zero-order valence-corrected chi connectivity index (χ0v) is 38.3. The molecule has 4 fully saturated rings. The van der Waals surface area contributed by atoms with Gasteiger partial charge < -0.3 is 25.8 Å². The Labute approximate surface area is 379 Å². The molecule has 7 atom stereocenters. The molecule has 2 aliphatic heterocycles. The molecule has 2 saturated heterocycles. The largest absolute Gasteiger partial charge is 0.354 e. The molecule has 2 aliphatic carbocycles. The van der Waals surface area contributed by atoms with Crippen molar-refractivity contribution in [2.75, 3.05) is 39.3 Å². The Kier molecular flexibility index (Phi) is 15.9. The summed E-state index contributed by atoms with van der Waals surface area (Å²) < 4.78 is 29.5. The summed E-state index contributed by atoms with van der Waals surface area (Å²) in [5.74, 6) is -2.55. The van der Waals surface area contributed by atoms with Gasteiger partial charge in [-0.05, 0) is 61.1 Å². The minimum atomic E-state index is -4.11. The van der Waals surface area contributed by atoms with E-state index in [4.69, 9.17) is 0 Å². The minimum absolute atomic E-state index is 0.0332. The average molecular weight is 895 g/mol. The van der Waals surface area contributed by atoms with Crippen LogP contribution in [-0.4, -0.2) is 109 Å². The van der Waals surface area contributed by atoms with Crippen molar-refractivity contribution in [3.63, 3.8) is 0 Å². The lowest BCUT2D eigenvalue weighted by Gasteiger charge is -2.40. The lowest BCUT2D eigenvalue weighted by atomic mass is 9.94. The molecule has 3 aromatic rings. The Morgan fingerprint density at radius 1 is 0.609 bits per heavy atom. The summed E-state index contributed by atoms with van der Waals surface area (Å²) in [4.78, 5) is 72.0. The Morgan fingerprint density at radius 2 is 1.14 bits per heavy atom. The van der Waals surface area contributed by atoms with Crippen LogP contribution < -0.4 is 16.0 Å². The van der Waals surface area contributed by atoms with Gasteiger partial charge in [0, 0.05) is 75.2 Å². The van der Waals surface area contributed by atoms with E-state index in [9.17, 15) is 32.4 Å². The zero-order valence-electron chi connectivity index (χ0n) is 37.5. The number of carbonyl (C=O) groups is 5. The van der Waals surface area contributed by atoms with Gasteiger partial charge in [-0.1, -0.05) is 119 Å². The third-order valence-electron chi connectivity index (χ3n) is 13.5. The fourth-order valence-corrected chi connectivity index (χ4v) is 10.9. The number of nitrogens with zero attached hydrogens (tertiary/aromatic N) is 3. The summed E-state index contributed by atoms with van der Waals surface area (Å²) in [6.45, 7) is 4.74. The van der Waals surface area contributed by atoms with E-state index in [0.29, 0.717) is 13.0 Å². The lowest BCUT2D eigenvalue weighted by molar-refractivity contribution is -0.142. The van der Waals surface area contributed by atoms with E-state index < -0.39 is 33.8 Å². The van der Waals surface area contributed by atoms with Gasteiger partial charge in [-0.3, -0.25) is 24.0 Å². The zero-order chi connectivity index (χ0) is 45.2. The summed E-state index contributed by atoms with van der Waals surface area (Å²) in [7, 11) is -4.11. The molecule has 14 heteroatoms. The van der Waals surface area contributed by atoms with Gasteiger partial charge in [-0.25, -0.2) is 8.42 Å². The predicted molar refractivity (Wildman–Crippen MR) is 246 cm³/mol. The van der Waals surface area contributed by atoms with Gasteiger partial charge in [0.1, 0.15) is 6.04 Å². The van der Waals surface area contributed by atoms with Crippen molar-refractivity contribution in [2.45, 2.75) is 126 Å². The highest BCUT2D eigenvalue weighted by Crippen LogP contribution is 2.43. The third kappa shape index (κ3) is 11.6. The molecule has 3 aromatic carbocycles. The van der Waals surface area contributed by atoms with Crippen LogP contribution in [0.25, 0.3) is 0 Å². The second-order valence-electron chi connectivity index (χ2n) is 18.2. The second kappa shape index (κ2) is 21.7. The topological polar surface area (TPSA) is 165 Å². The number of nitrogens with one attached hydrogen (secondary N) is 3. The summed E-state index contributed by atoms with van der Waals surface area (Å²) in [5.41, 5.74) is 2.53. The van der Waals surface area contributed by atoms with Gasteiger partial charge >= 0.3 is 0 Å². The van der Waals surface area contributed by atoms with Crippen LogP contribution in [0.5, 0.6) is 0 Å². The highest BCUT2D eigenvalue weighted by atomic mass is 32.2. The van der Waals surface area contributed by atoms with E-state index in [2.05, 4.69) is 29.8 Å². The first-order valence-corrected chi connectivity index (χ1v) is 25.1. The van der Waals surface area contributed by atoms with Crippen LogP contribution in [0.1, 0.15) is 124 Å². The van der Waals surface area contributed by atoms with Crippen molar-refractivity contribution >= 4 is 39.6 Å². The van der Waals surface area contributed by atoms with Crippen LogP contribution >= 0.6 is 0 Å². The first kappa shape index (κ1) is 46.9. The minimum Gasteiger partial charge on any atom is -0.354 e. The van der Waals surface area contributed by atoms with E-state index >= 15 is 0 Å². The normalized spacial score (nSPS) is 24.2. The fraction of sp³-hybridized carbons (Fsp3) is 0.540. The average Bonchev–Trinajstić information content (AvgIpc) is 4.23. The van der Waals surface area contributed by atoms with Crippen LogP contribution in [0.15, 0.2) is 89.8 Å². The Morgan fingerprint density at radius 3 is 1.69 bits per heavy atom.